The Labute approximate surface area is 99.9 Å². The van der Waals surface area contributed by atoms with Crippen molar-refractivity contribution < 1.29 is 10.3 Å². The van der Waals surface area contributed by atoms with Gasteiger partial charge in [0.05, 0.1) is 6.10 Å². The van der Waals surface area contributed by atoms with Crippen LogP contribution in [-0.2, 0) is 6.54 Å². The zero-order valence-corrected chi connectivity index (χ0v) is 9.50. The summed E-state index contributed by atoms with van der Waals surface area (Å²) >= 11 is 0. The lowest BCUT2D eigenvalue weighted by Gasteiger charge is -2.32. The van der Waals surface area contributed by atoms with E-state index in [-0.39, 0.29) is 11.9 Å². The Morgan fingerprint density at radius 3 is 2.88 bits per heavy atom. The van der Waals surface area contributed by atoms with E-state index >= 15 is 0 Å². The normalized spacial score (nSPS) is 24.4. The van der Waals surface area contributed by atoms with Crippen molar-refractivity contribution in [3.8, 4) is 0 Å². The summed E-state index contributed by atoms with van der Waals surface area (Å²) in [5.41, 5.74) is 7.31. The standard InChI is InChI=1S/C12H17N3O2/c13-12(15-17)9-3-1-2-8(4-9)7-14-10-5-11(16)6-10/h1-4,10-11,14,16-17H,5-7H2,(H2,13,15). The van der Waals surface area contributed by atoms with Crippen LogP contribution >= 0.6 is 0 Å². The molecule has 1 aliphatic rings. The molecule has 0 unspecified atom stereocenters. The lowest BCUT2D eigenvalue weighted by atomic mass is 9.89. The van der Waals surface area contributed by atoms with Crippen LogP contribution in [0.5, 0.6) is 0 Å². The number of aliphatic hydroxyl groups is 1. The fourth-order valence-corrected chi connectivity index (χ4v) is 1.92. The molecule has 1 fully saturated rings. The third-order valence-corrected chi connectivity index (χ3v) is 3.04. The van der Waals surface area contributed by atoms with E-state index in [1.54, 1.807) is 6.07 Å². The second-order valence-corrected chi connectivity index (χ2v) is 4.39. The summed E-state index contributed by atoms with van der Waals surface area (Å²) in [6, 6.07) is 7.94. The summed E-state index contributed by atoms with van der Waals surface area (Å²) in [6.45, 7) is 0.726. The van der Waals surface area contributed by atoms with E-state index < -0.39 is 0 Å². The fourth-order valence-electron chi connectivity index (χ4n) is 1.92. The van der Waals surface area contributed by atoms with Gasteiger partial charge in [0.1, 0.15) is 0 Å². The number of oxime groups is 1. The molecule has 0 bridgehead atoms. The van der Waals surface area contributed by atoms with Crippen LogP contribution in [0.1, 0.15) is 24.0 Å². The smallest absolute Gasteiger partial charge is 0.170 e. The minimum atomic E-state index is -0.143. The number of nitrogens with one attached hydrogen (secondary N) is 1. The first kappa shape index (κ1) is 11.9. The first-order chi connectivity index (χ1) is 8.19. The highest BCUT2D eigenvalue weighted by Gasteiger charge is 2.26. The number of hydrogen-bond donors (Lipinski definition) is 4. The fraction of sp³-hybridized carbons (Fsp3) is 0.417. The van der Waals surface area contributed by atoms with Gasteiger partial charge in [0.15, 0.2) is 5.84 Å². The van der Waals surface area contributed by atoms with Gasteiger partial charge in [-0.05, 0) is 24.5 Å². The van der Waals surface area contributed by atoms with Crippen molar-refractivity contribution in [2.45, 2.75) is 31.5 Å². The summed E-state index contributed by atoms with van der Waals surface area (Å²) < 4.78 is 0. The van der Waals surface area contributed by atoms with Crippen molar-refractivity contribution in [2.75, 3.05) is 0 Å². The van der Waals surface area contributed by atoms with Gasteiger partial charge >= 0.3 is 0 Å². The predicted octanol–water partition coefficient (Wildman–Crippen LogP) is 0.394. The molecule has 0 radical (unpaired) electrons. The van der Waals surface area contributed by atoms with E-state index in [0.29, 0.717) is 11.6 Å². The van der Waals surface area contributed by atoms with Gasteiger partial charge < -0.3 is 21.4 Å². The number of amidine groups is 1. The second kappa shape index (κ2) is 5.16. The van der Waals surface area contributed by atoms with Crippen molar-refractivity contribution in [3.63, 3.8) is 0 Å². The molecule has 0 saturated heterocycles. The van der Waals surface area contributed by atoms with Gasteiger partial charge in [-0.3, -0.25) is 0 Å². The molecule has 5 N–H and O–H groups in total. The molecule has 1 saturated carbocycles. The van der Waals surface area contributed by atoms with E-state index in [1.807, 2.05) is 18.2 Å². The Hall–Kier alpha value is -1.59. The first-order valence-corrected chi connectivity index (χ1v) is 5.67. The van der Waals surface area contributed by atoms with Gasteiger partial charge in [0.2, 0.25) is 0 Å². The van der Waals surface area contributed by atoms with Crippen molar-refractivity contribution in [1.29, 1.82) is 0 Å². The Balaban J connectivity index is 1.92. The Kier molecular flexibility index (Phi) is 3.61. The van der Waals surface area contributed by atoms with E-state index in [9.17, 15) is 0 Å². The lowest BCUT2D eigenvalue weighted by molar-refractivity contribution is 0.0619. The summed E-state index contributed by atoms with van der Waals surface area (Å²) in [4.78, 5) is 0. The molecule has 17 heavy (non-hydrogen) atoms. The highest BCUT2D eigenvalue weighted by molar-refractivity contribution is 5.97. The SMILES string of the molecule is NC(=NO)c1cccc(CNC2CC(O)C2)c1. The average molecular weight is 235 g/mol. The van der Waals surface area contributed by atoms with Crippen molar-refractivity contribution >= 4 is 5.84 Å². The lowest BCUT2D eigenvalue weighted by Crippen LogP contribution is -2.43. The molecular weight excluding hydrogens is 218 g/mol. The third kappa shape index (κ3) is 2.95. The molecule has 0 heterocycles. The minimum absolute atomic E-state index is 0.117. The van der Waals surface area contributed by atoms with Crippen LogP contribution in [0.3, 0.4) is 0 Å². The zero-order chi connectivity index (χ0) is 12.3. The maximum absolute atomic E-state index is 9.16. The van der Waals surface area contributed by atoms with Crippen LogP contribution in [0.4, 0.5) is 0 Å². The molecule has 1 aromatic carbocycles. The largest absolute Gasteiger partial charge is 0.409 e. The van der Waals surface area contributed by atoms with Gasteiger partial charge in [-0.2, -0.15) is 0 Å². The summed E-state index contributed by atoms with van der Waals surface area (Å²) in [5.74, 6) is 0.117. The molecule has 0 aromatic heterocycles. The topological polar surface area (TPSA) is 90.9 Å². The van der Waals surface area contributed by atoms with Crippen LogP contribution in [0.25, 0.3) is 0 Å². The van der Waals surface area contributed by atoms with Crippen molar-refractivity contribution in [3.05, 3.63) is 35.4 Å². The van der Waals surface area contributed by atoms with Gasteiger partial charge in [0.25, 0.3) is 0 Å². The minimum Gasteiger partial charge on any atom is -0.409 e. The van der Waals surface area contributed by atoms with Gasteiger partial charge in [0, 0.05) is 18.2 Å². The molecule has 0 amide bonds. The van der Waals surface area contributed by atoms with E-state index in [1.165, 1.54) is 0 Å². The molecule has 0 aliphatic heterocycles. The maximum Gasteiger partial charge on any atom is 0.170 e. The molecule has 0 atom stereocenters. The number of benzene rings is 1. The molecule has 1 aliphatic carbocycles. The third-order valence-electron chi connectivity index (χ3n) is 3.04. The zero-order valence-electron chi connectivity index (χ0n) is 9.50. The van der Waals surface area contributed by atoms with Crippen molar-refractivity contribution in [1.82, 2.24) is 5.32 Å². The molecule has 92 valence electrons. The quantitative estimate of drug-likeness (QED) is 0.263. The Bertz CT molecular complexity index is 414. The summed E-state index contributed by atoms with van der Waals surface area (Å²) in [7, 11) is 0. The van der Waals surface area contributed by atoms with Crippen LogP contribution in [0, 0.1) is 0 Å². The molecule has 5 heteroatoms. The Morgan fingerprint density at radius 2 is 2.24 bits per heavy atom. The molecular formula is C12H17N3O2. The maximum atomic E-state index is 9.16. The predicted molar refractivity (Wildman–Crippen MR) is 64.8 cm³/mol. The number of nitrogens with zero attached hydrogens (tertiary/aromatic N) is 1. The number of rotatable bonds is 4. The molecule has 2 rings (SSSR count). The molecule has 0 spiro atoms. The summed E-state index contributed by atoms with van der Waals surface area (Å²) in [6.07, 6.45) is 1.50. The van der Waals surface area contributed by atoms with Crippen LogP contribution < -0.4 is 11.1 Å². The van der Waals surface area contributed by atoms with E-state index in [4.69, 9.17) is 16.0 Å². The van der Waals surface area contributed by atoms with E-state index in [2.05, 4.69) is 10.5 Å². The van der Waals surface area contributed by atoms with Gasteiger partial charge in [-0.1, -0.05) is 23.4 Å². The van der Waals surface area contributed by atoms with Crippen molar-refractivity contribution in [2.24, 2.45) is 10.9 Å². The number of hydrogen-bond acceptors (Lipinski definition) is 4. The number of nitrogens with two attached hydrogens (primary N) is 1. The highest BCUT2D eigenvalue weighted by Crippen LogP contribution is 2.19. The Morgan fingerprint density at radius 1 is 1.47 bits per heavy atom. The highest BCUT2D eigenvalue weighted by atomic mass is 16.4. The second-order valence-electron chi connectivity index (χ2n) is 4.39. The average Bonchev–Trinajstić information content (AvgIpc) is 2.32. The monoisotopic (exact) mass is 235 g/mol. The molecule has 1 aromatic rings. The van der Waals surface area contributed by atoms with Gasteiger partial charge in [-0.15, -0.1) is 0 Å². The van der Waals surface area contributed by atoms with Crippen LogP contribution in [0.15, 0.2) is 29.4 Å². The van der Waals surface area contributed by atoms with Gasteiger partial charge in [-0.25, -0.2) is 0 Å². The van der Waals surface area contributed by atoms with E-state index in [0.717, 1.165) is 24.9 Å². The van der Waals surface area contributed by atoms with Crippen LogP contribution in [-0.4, -0.2) is 28.3 Å². The first-order valence-electron chi connectivity index (χ1n) is 5.67. The van der Waals surface area contributed by atoms with Crippen LogP contribution in [0.2, 0.25) is 0 Å². The summed E-state index contributed by atoms with van der Waals surface area (Å²) in [5, 5.41) is 24.1. The number of aliphatic hydroxyl groups excluding tert-OH is 1. The molecule has 5 nitrogen and oxygen atoms in total.